The van der Waals surface area contributed by atoms with Gasteiger partial charge in [0.05, 0.1) is 6.04 Å². The van der Waals surface area contributed by atoms with Crippen LogP contribution in [0.25, 0.3) is 0 Å². The molecule has 24 heavy (non-hydrogen) atoms. The van der Waals surface area contributed by atoms with Gasteiger partial charge >= 0.3 is 6.18 Å². The molecule has 0 aromatic carbocycles. The van der Waals surface area contributed by atoms with Crippen LogP contribution in [0.3, 0.4) is 0 Å². The van der Waals surface area contributed by atoms with Crippen LogP contribution in [0.2, 0.25) is 0 Å². The lowest BCUT2D eigenvalue weighted by Gasteiger charge is -2.33. The number of aromatic nitrogens is 5. The van der Waals surface area contributed by atoms with Crippen molar-refractivity contribution in [2.45, 2.75) is 38.0 Å². The van der Waals surface area contributed by atoms with Gasteiger partial charge in [0.25, 0.3) is 0 Å². The molecule has 0 saturated carbocycles. The number of hydrogen-bond donors (Lipinski definition) is 0. The Labute approximate surface area is 136 Å². The number of nitrogens with zero attached hydrogens (tertiary/aromatic N) is 6. The molecule has 1 saturated heterocycles. The fourth-order valence-electron chi connectivity index (χ4n) is 2.84. The Bertz CT molecular complexity index is 688. The molecule has 10 heteroatoms. The number of carbonyl (C=O) groups excluding carboxylic acids is 1. The van der Waals surface area contributed by atoms with Crippen molar-refractivity contribution in [3.63, 3.8) is 0 Å². The molecular formula is C14H17F3N6O. The number of hydrogen-bond acceptors (Lipinski definition) is 4. The molecule has 0 spiro atoms. The van der Waals surface area contributed by atoms with Crippen molar-refractivity contribution in [3.8, 4) is 0 Å². The molecular weight excluding hydrogens is 325 g/mol. The van der Waals surface area contributed by atoms with Crippen molar-refractivity contribution >= 4 is 5.91 Å². The molecule has 1 fully saturated rings. The van der Waals surface area contributed by atoms with E-state index in [4.69, 9.17) is 0 Å². The molecule has 0 aliphatic carbocycles. The third-order valence-corrected chi connectivity index (χ3v) is 4.24. The van der Waals surface area contributed by atoms with E-state index in [1.165, 1.54) is 28.2 Å². The van der Waals surface area contributed by atoms with E-state index in [1.807, 2.05) is 0 Å². The van der Waals surface area contributed by atoms with E-state index in [-0.39, 0.29) is 11.9 Å². The normalized spacial score (nSPS) is 17.9. The van der Waals surface area contributed by atoms with Crippen LogP contribution in [0.5, 0.6) is 0 Å². The molecule has 1 atom stereocenters. The lowest BCUT2D eigenvalue weighted by atomic mass is 10.0. The number of rotatable bonds is 3. The largest absolute Gasteiger partial charge is 0.435 e. The standard InChI is InChI=1S/C14H17F3N6O/c1-10(23-9-18-8-19-23)13(24)21-5-2-11(3-6-21)22-7-4-12(20-22)14(15,16)17/h4,7-11H,2-3,5-6H2,1H3/t10-/m0/s1. The number of halogens is 3. The molecule has 2 aromatic rings. The Morgan fingerprint density at radius 2 is 2.04 bits per heavy atom. The number of amides is 1. The molecule has 0 unspecified atom stereocenters. The van der Waals surface area contributed by atoms with E-state index < -0.39 is 17.9 Å². The summed E-state index contributed by atoms with van der Waals surface area (Å²) in [6.45, 7) is 2.69. The second kappa shape index (κ2) is 6.25. The van der Waals surface area contributed by atoms with E-state index >= 15 is 0 Å². The highest BCUT2D eigenvalue weighted by molar-refractivity contribution is 5.80. The second-order valence-electron chi connectivity index (χ2n) is 5.79. The molecule has 2 aromatic heterocycles. The average Bonchev–Trinajstić information content (AvgIpc) is 3.24. The number of piperidine rings is 1. The van der Waals surface area contributed by atoms with Crippen LogP contribution < -0.4 is 0 Å². The molecule has 130 valence electrons. The second-order valence-corrected chi connectivity index (χ2v) is 5.79. The van der Waals surface area contributed by atoms with Crippen LogP contribution in [0.1, 0.15) is 37.5 Å². The summed E-state index contributed by atoms with van der Waals surface area (Å²) in [4.78, 5) is 18.0. The van der Waals surface area contributed by atoms with Crippen molar-refractivity contribution in [2.24, 2.45) is 0 Å². The van der Waals surface area contributed by atoms with Crippen LogP contribution in [-0.4, -0.2) is 48.4 Å². The van der Waals surface area contributed by atoms with Gasteiger partial charge in [0.15, 0.2) is 5.69 Å². The third-order valence-electron chi connectivity index (χ3n) is 4.24. The van der Waals surface area contributed by atoms with Gasteiger partial charge in [-0.25, -0.2) is 9.67 Å². The van der Waals surface area contributed by atoms with E-state index in [2.05, 4.69) is 15.2 Å². The maximum Gasteiger partial charge on any atom is 0.435 e. The summed E-state index contributed by atoms with van der Waals surface area (Å²) in [6, 6.07) is 0.391. The highest BCUT2D eigenvalue weighted by Crippen LogP contribution is 2.30. The molecule has 1 aliphatic rings. The smallest absolute Gasteiger partial charge is 0.341 e. The zero-order valence-corrected chi connectivity index (χ0v) is 13.0. The van der Waals surface area contributed by atoms with Crippen LogP contribution in [-0.2, 0) is 11.0 Å². The highest BCUT2D eigenvalue weighted by atomic mass is 19.4. The third kappa shape index (κ3) is 3.26. The van der Waals surface area contributed by atoms with Crippen LogP contribution >= 0.6 is 0 Å². The minimum absolute atomic E-state index is 0.0737. The minimum atomic E-state index is -4.44. The van der Waals surface area contributed by atoms with Gasteiger partial charge in [-0.1, -0.05) is 0 Å². The van der Waals surface area contributed by atoms with Crippen molar-refractivity contribution in [3.05, 3.63) is 30.6 Å². The summed E-state index contributed by atoms with van der Waals surface area (Å²) < 4.78 is 40.7. The van der Waals surface area contributed by atoms with Gasteiger partial charge in [0.1, 0.15) is 18.7 Å². The summed E-state index contributed by atoms with van der Waals surface area (Å²) >= 11 is 0. The van der Waals surface area contributed by atoms with Gasteiger partial charge in [-0.2, -0.15) is 23.4 Å². The first-order valence-electron chi connectivity index (χ1n) is 7.61. The van der Waals surface area contributed by atoms with Gasteiger partial charge in [0.2, 0.25) is 5.91 Å². The maximum atomic E-state index is 12.6. The van der Waals surface area contributed by atoms with Crippen molar-refractivity contribution in [1.82, 2.24) is 29.4 Å². The van der Waals surface area contributed by atoms with E-state index in [9.17, 15) is 18.0 Å². The van der Waals surface area contributed by atoms with Crippen LogP contribution in [0, 0.1) is 0 Å². The first-order valence-corrected chi connectivity index (χ1v) is 7.61. The summed E-state index contributed by atoms with van der Waals surface area (Å²) in [6.07, 6.45) is 0.894. The summed E-state index contributed by atoms with van der Waals surface area (Å²) in [5.41, 5.74) is -0.888. The topological polar surface area (TPSA) is 68.8 Å². The SMILES string of the molecule is C[C@@H](C(=O)N1CCC(n2ccc(C(F)(F)F)n2)CC1)n1cncn1. The lowest BCUT2D eigenvalue weighted by molar-refractivity contribution is -0.141. The van der Waals surface area contributed by atoms with Crippen molar-refractivity contribution in [2.75, 3.05) is 13.1 Å². The number of carbonyl (C=O) groups is 1. The van der Waals surface area contributed by atoms with E-state index in [0.29, 0.717) is 25.9 Å². The Morgan fingerprint density at radius 3 is 2.58 bits per heavy atom. The average molecular weight is 342 g/mol. The predicted molar refractivity (Wildman–Crippen MR) is 76.8 cm³/mol. The Balaban J connectivity index is 1.59. The molecule has 1 amide bonds. The summed E-state index contributed by atoms with van der Waals surface area (Å²) in [5, 5.41) is 7.57. The summed E-state index contributed by atoms with van der Waals surface area (Å²) in [5.74, 6) is -0.0737. The van der Waals surface area contributed by atoms with Crippen molar-refractivity contribution in [1.29, 1.82) is 0 Å². The molecule has 0 radical (unpaired) electrons. The Hall–Kier alpha value is -2.39. The molecule has 3 heterocycles. The fourth-order valence-corrected chi connectivity index (χ4v) is 2.84. The number of alkyl halides is 3. The Morgan fingerprint density at radius 1 is 1.33 bits per heavy atom. The van der Waals surface area contributed by atoms with Gasteiger partial charge < -0.3 is 4.90 Å². The molecule has 1 aliphatic heterocycles. The fraction of sp³-hybridized carbons (Fsp3) is 0.571. The molecule has 7 nitrogen and oxygen atoms in total. The zero-order valence-electron chi connectivity index (χ0n) is 13.0. The number of likely N-dealkylation sites (tertiary alicyclic amines) is 1. The van der Waals surface area contributed by atoms with Gasteiger partial charge in [0, 0.05) is 19.3 Å². The van der Waals surface area contributed by atoms with Gasteiger partial charge in [-0.15, -0.1) is 0 Å². The summed E-state index contributed by atoms with van der Waals surface area (Å²) in [7, 11) is 0. The van der Waals surface area contributed by atoms with Crippen LogP contribution in [0.4, 0.5) is 13.2 Å². The minimum Gasteiger partial charge on any atom is -0.341 e. The first-order chi connectivity index (χ1) is 11.4. The quantitative estimate of drug-likeness (QED) is 0.855. The highest BCUT2D eigenvalue weighted by Gasteiger charge is 2.35. The lowest BCUT2D eigenvalue weighted by Crippen LogP contribution is -2.42. The maximum absolute atomic E-state index is 12.6. The molecule has 3 rings (SSSR count). The van der Waals surface area contributed by atoms with Crippen LogP contribution in [0.15, 0.2) is 24.9 Å². The molecule has 0 N–H and O–H groups in total. The first kappa shape index (κ1) is 16.5. The molecule has 0 bridgehead atoms. The van der Waals surface area contributed by atoms with Crippen molar-refractivity contribution < 1.29 is 18.0 Å². The van der Waals surface area contributed by atoms with Gasteiger partial charge in [-0.05, 0) is 25.8 Å². The van der Waals surface area contributed by atoms with Gasteiger partial charge in [-0.3, -0.25) is 9.48 Å². The van der Waals surface area contributed by atoms with E-state index in [1.54, 1.807) is 11.8 Å². The Kier molecular flexibility index (Phi) is 4.29. The van der Waals surface area contributed by atoms with E-state index in [0.717, 1.165) is 6.07 Å². The monoisotopic (exact) mass is 342 g/mol. The zero-order chi connectivity index (χ0) is 17.3. The predicted octanol–water partition coefficient (Wildman–Crippen LogP) is 1.92.